The molecule has 4 nitrogen and oxygen atoms in total. The number of aryl methyl sites for hydroxylation is 1. The van der Waals surface area contributed by atoms with Gasteiger partial charge in [0.05, 0.1) is 6.21 Å². The van der Waals surface area contributed by atoms with E-state index in [0.717, 1.165) is 9.13 Å². The van der Waals surface area contributed by atoms with Crippen LogP contribution < -0.4 is 11.2 Å². The Bertz CT molecular complexity index is 420. The van der Waals surface area contributed by atoms with Crippen molar-refractivity contribution in [2.75, 3.05) is 0 Å². The molecule has 0 atom stereocenters. The molecular formula is C9H10IN3OS. The summed E-state index contributed by atoms with van der Waals surface area (Å²) >= 11 is 6.75. The molecule has 0 aliphatic carbocycles. The second-order valence-electron chi connectivity index (χ2n) is 2.89. The zero-order chi connectivity index (χ0) is 11.4. The van der Waals surface area contributed by atoms with Crippen molar-refractivity contribution in [3.8, 4) is 5.75 Å². The van der Waals surface area contributed by atoms with Crippen molar-refractivity contribution in [2.45, 2.75) is 6.92 Å². The summed E-state index contributed by atoms with van der Waals surface area (Å²) < 4.78 is 1.03. The summed E-state index contributed by atoms with van der Waals surface area (Å²) in [6.07, 6.45) is 1.48. The molecule has 0 aromatic heterocycles. The SMILES string of the molecule is Cc1cc(I)cc(/C=N\NC(N)=S)c1O. The highest BCUT2D eigenvalue weighted by Gasteiger charge is 2.03. The molecule has 0 aliphatic rings. The van der Waals surface area contributed by atoms with Crippen LogP contribution in [0.25, 0.3) is 0 Å². The lowest BCUT2D eigenvalue weighted by molar-refractivity contribution is 0.470. The molecule has 0 spiro atoms. The van der Waals surface area contributed by atoms with Crippen molar-refractivity contribution < 1.29 is 5.11 Å². The van der Waals surface area contributed by atoms with Crippen LogP contribution in [0.5, 0.6) is 5.75 Å². The van der Waals surface area contributed by atoms with E-state index in [9.17, 15) is 5.11 Å². The fraction of sp³-hybridized carbons (Fsp3) is 0.111. The van der Waals surface area contributed by atoms with E-state index in [1.165, 1.54) is 6.21 Å². The lowest BCUT2D eigenvalue weighted by atomic mass is 10.1. The summed E-state index contributed by atoms with van der Waals surface area (Å²) in [6, 6.07) is 3.70. The third-order valence-electron chi connectivity index (χ3n) is 1.67. The van der Waals surface area contributed by atoms with Crippen LogP contribution in [-0.2, 0) is 0 Å². The molecule has 0 heterocycles. The van der Waals surface area contributed by atoms with Crippen LogP contribution in [0.15, 0.2) is 17.2 Å². The fourth-order valence-corrected chi connectivity index (χ4v) is 1.88. The van der Waals surface area contributed by atoms with Crippen molar-refractivity contribution in [2.24, 2.45) is 10.8 Å². The number of nitrogens with zero attached hydrogens (tertiary/aromatic N) is 1. The Kier molecular flexibility index (Phi) is 4.28. The Hall–Kier alpha value is -0.890. The Labute approximate surface area is 107 Å². The van der Waals surface area contributed by atoms with E-state index in [0.29, 0.717) is 5.56 Å². The number of benzene rings is 1. The first-order valence-electron chi connectivity index (χ1n) is 4.08. The van der Waals surface area contributed by atoms with Gasteiger partial charge in [0.1, 0.15) is 5.75 Å². The van der Waals surface area contributed by atoms with Gasteiger partial charge >= 0.3 is 0 Å². The average molecular weight is 335 g/mol. The highest BCUT2D eigenvalue weighted by molar-refractivity contribution is 14.1. The van der Waals surface area contributed by atoms with Crippen molar-refractivity contribution in [1.82, 2.24) is 5.43 Å². The third-order valence-corrected chi connectivity index (χ3v) is 2.39. The van der Waals surface area contributed by atoms with Gasteiger partial charge in [0.25, 0.3) is 0 Å². The minimum atomic E-state index is 0.0908. The van der Waals surface area contributed by atoms with E-state index in [1.54, 1.807) is 0 Å². The van der Waals surface area contributed by atoms with E-state index < -0.39 is 0 Å². The number of hydrogen-bond donors (Lipinski definition) is 3. The van der Waals surface area contributed by atoms with Gasteiger partial charge in [-0.05, 0) is 59.4 Å². The molecule has 15 heavy (non-hydrogen) atoms. The molecule has 0 bridgehead atoms. The van der Waals surface area contributed by atoms with Crippen molar-refractivity contribution in [1.29, 1.82) is 0 Å². The maximum Gasteiger partial charge on any atom is 0.184 e. The topological polar surface area (TPSA) is 70.6 Å². The normalized spacial score (nSPS) is 10.5. The molecular weight excluding hydrogens is 325 g/mol. The van der Waals surface area contributed by atoms with Crippen molar-refractivity contribution in [3.63, 3.8) is 0 Å². The largest absolute Gasteiger partial charge is 0.507 e. The fourth-order valence-electron chi connectivity index (χ4n) is 1.03. The van der Waals surface area contributed by atoms with Crippen LogP contribution in [0.3, 0.4) is 0 Å². The number of phenolic OH excluding ortho intramolecular Hbond substituents is 1. The summed E-state index contributed by atoms with van der Waals surface area (Å²) in [7, 11) is 0. The van der Waals surface area contributed by atoms with Gasteiger partial charge in [-0.1, -0.05) is 0 Å². The van der Waals surface area contributed by atoms with Gasteiger partial charge in [0.2, 0.25) is 0 Å². The van der Waals surface area contributed by atoms with E-state index >= 15 is 0 Å². The summed E-state index contributed by atoms with van der Waals surface area (Å²) in [6.45, 7) is 1.83. The number of rotatable bonds is 2. The molecule has 0 amide bonds. The maximum absolute atomic E-state index is 9.70. The van der Waals surface area contributed by atoms with Crippen LogP contribution in [0.2, 0.25) is 0 Å². The number of phenols is 1. The minimum absolute atomic E-state index is 0.0908. The molecule has 0 saturated carbocycles. The van der Waals surface area contributed by atoms with Gasteiger partial charge in [-0.2, -0.15) is 5.10 Å². The lowest BCUT2D eigenvalue weighted by Crippen LogP contribution is -2.24. The number of hydrogen-bond acceptors (Lipinski definition) is 3. The third kappa shape index (κ3) is 3.63. The predicted octanol–water partition coefficient (Wildman–Crippen LogP) is 1.47. The van der Waals surface area contributed by atoms with E-state index in [4.69, 9.17) is 5.73 Å². The first-order valence-corrected chi connectivity index (χ1v) is 5.57. The summed E-state index contributed by atoms with van der Waals surface area (Å²) in [5.41, 5.74) is 9.05. The number of halogens is 1. The summed E-state index contributed by atoms with van der Waals surface area (Å²) in [5.74, 6) is 0.212. The van der Waals surface area contributed by atoms with Gasteiger partial charge in [0.15, 0.2) is 5.11 Å². The molecule has 1 aromatic carbocycles. The van der Waals surface area contributed by atoms with Gasteiger partial charge in [-0.3, -0.25) is 5.43 Å². The van der Waals surface area contributed by atoms with E-state index in [2.05, 4.69) is 45.3 Å². The molecule has 0 fully saturated rings. The predicted molar refractivity (Wildman–Crippen MR) is 73.1 cm³/mol. The van der Waals surface area contributed by atoms with Crippen molar-refractivity contribution in [3.05, 3.63) is 26.8 Å². The molecule has 1 rings (SSSR count). The number of nitrogens with one attached hydrogen (secondary N) is 1. The van der Waals surface area contributed by atoms with E-state index in [-0.39, 0.29) is 10.9 Å². The Morgan fingerprint density at radius 1 is 1.67 bits per heavy atom. The van der Waals surface area contributed by atoms with Gasteiger partial charge in [-0.15, -0.1) is 0 Å². The Morgan fingerprint density at radius 3 is 2.93 bits per heavy atom. The standard InChI is InChI=1S/C9H10IN3OS/c1-5-2-7(10)3-6(8(5)14)4-12-13-9(11)15/h2-4,14H,1H3,(H3,11,13,15)/b12-4-. The first kappa shape index (κ1) is 12.2. The monoisotopic (exact) mass is 335 g/mol. The minimum Gasteiger partial charge on any atom is -0.507 e. The summed E-state index contributed by atoms with van der Waals surface area (Å²) in [4.78, 5) is 0. The van der Waals surface area contributed by atoms with Crippen LogP contribution in [-0.4, -0.2) is 16.4 Å². The number of thiocarbonyl (C=S) groups is 1. The zero-order valence-electron chi connectivity index (χ0n) is 7.99. The van der Waals surface area contributed by atoms with Gasteiger partial charge in [-0.25, -0.2) is 0 Å². The summed E-state index contributed by atoms with van der Waals surface area (Å²) in [5, 5.41) is 13.6. The van der Waals surface area contributed by atoms with Crippen LogP contribution in [0, 0.1) is 10.5 Å². The smallest absolute Gasteiger partial charge is 0.184 e. The molecule has 0 saturated heterocycles. The molecule has 4 N–H and O–H groups in total. The van der Waals surface area contributed by atoms with Crippen LogP contribution in [0.4, 0.5) is 0 Å². The highest BCUT2D eigenvalue weighted by Crippen LogP contribution is 2.23. The highest BCUT2D eigenvalue weighted by atomic mass is 127. The number of hydrazone groups is 1. The molecule has 6 heteroatoms. The van der Waals surface area contributed by atoms with Crippen LogP contribution >= 0.6 is 34.8 Å². The van der Waals surface area contributed by atoms with Gasteiger partial charge < -0.3 is 10.8 Å². The Morgan fingerprint density at radius 2 is 2.33 bits per heavy atom. The molecule has 0 radical (unpaired) electrons. The lowest BCUT2D eigenvalue weighted by Gasteiger charge is -2.03. The molecule has 1 aromatic rings. The quantitative estimate of drug-likeness (QED) is 0.331. The van der Waals surface area contributed by atoms with Crippen LogP contribution in [0.1, 0.15) is 11.1 Å². The zero-order valence-corrected chi connectivity index (χ0v) is 11.0. The Balaban J connectivity index is 2.94. The van der Waals surface area contributed by atoms with Crippen molar-refractivity contribution >= 4 is 46.1 Å². The maximum atomic E-state index is 9.70. The first-order chi connectivity index (χ1) is 7.00. The average Bonchev–Trinajstić information content (AvgIpc) is 2.12. The number of aromatic hydroxyl groups is 1. The molecule has 0 aliphatic heterocycles. The second kappa shape index (κ2) is 5.26. The second-order valence-corrected chi connectivity index (χ2v) is 4.58. The van der Waals surface area contributed by atoms with E-state index in [1.807, 2.05) is 19.1 Å². The van der Waals surface area contributed by atoms with Gasteiger partial charge in [0, 0.05) is 9.13 Å². The number of nitrogens with two attached hydrogens (primary N) is 1. The molecule has 0 unspecified atom stereocenters. The molecule has 80 valence electrons.